The third-order valence-corrected chi connectivity index (χ3v) is 8.18. The molecule has 1 aliphatic heterocycles. The molecule has 1 aliphatic carbocycles. The van der Waals surface area contributed by atoms with Crippen LogP contribution in [-0.4, -0.2) is 33.6 Å². The second kappa shape index (κ2) is 11.7. The van der Waals surface area contributed by atoms with Crippen LogP contribution in [0.15, 0.2) is 0 Å². The van der Waals surface area contributed by atoms with E-state index >= 15 is 0 Å². The second-order valence-corrected chi connectivity index (χ2v) is 9.81. The minimum Gasteiger partial charge on any atom is -0.481 e. The number of unbranched alkanes of at least 4 members (excludes halogenated alkanes) is 3. The fraction of sp³-hybridized carbons (Fsp3) is 0.947. The van der Waals surface area contributed by atoms with Gasteiger partial charge in [-0.15, -0.1) is 0 Å². The van der Waals surface area contributed by atoms with Crippen LogP contribution < -0.4 is 0 Å². The van der Waals surface area contributed by atoms with Crippen LogP contribution in [0.1, 0.15) is 77.0 Å². The van der Waals surface area contributed by atoms with Gasteiger partial charge in [-0.3, -0.25) is 4.79 Å². The molecule has 0 bridgehead atoms. The fourth-order valence-electron chi connectivity index (χ4n) is 3.94. The first-order valence-corrected chi connectivity index (χ1v) is 11.9. The Morgan fingerprint density at radius 1 is 0.957 bits per heavy atom. The van der Waals surface area contributed by atoms with Gasteiger partial charge in [0.25, 0.3) is 0 Å². The number of carboxylic acid groups (broad SMARTS) is 1. The van der Waals surface area contributed by atoms with Crippen molar-refractivity contribution in [1.29, 1.82) is 0 Å². The summed E-state index contributed by atoms with van der Waals surface area (Å²) in [5, 5.41) is 9.61. The lowest BCUT2D eigenvalue weighted by Gasteiger charge is -2.23. The van der Waals surface area contributed by atoms with Crippen molar-refractivity contribution in [3.63, 3.8) is 0 Å². The molecule has 0 aromatic rings. The van der Waals surface area contributed by atoms with Crippen LogP contribution in [0.4, 0.5) is 0 Å². The van der Waals surface area contributed by atoms with Gasteiger partial charge < -0.3 is 5.11 Å². The molecule has 2 rings (SSSR count). The topological polar surface area (TPSA) is 37.3 Å². The molecule has 2 atom stereocenters. The molecular formula is C19H34O2S2. The van der Waals surface area contributed by atoms with E-state index in [1.807, 2.05) is 0 Å². The fourth-order valence-corrected chi connectivity index (χ4v) is 6.99. The summed E-state index contributed by atoms with van der Waals surface area (Å²) in [6.45, 7) is 0. The Morgan fingerprint density at radius 3 is 2.39 bits per heavy atom. The molecule has 1 saturated carbocycles. The highest BCUT2D eigenvalue weighted by atomic mass is 32.2. The minimum absolute atomic E-state index is 0.348. The van der Waals surface area contributed by atoms with Crippen molar-refractivity contribution in [3.8, 4) is 0 Å². The zero-order chi connectivity index (χ0) is 16.3. The van der Waals surface area contributed by atoms with E-state index in [-0.39, 0.29) is 0 Å². The summed E-state index contributed by atoms with van der Waals surface area (Å²) in [5.41, 5.74) is 0. The molecule has 0 spiro atoms. The zero-order valence-corrected chi connectivity index (χ0v) is 16.1. The van der Waals surface area contributed by atoms with E-state index in [0.29, 0.717) is 6.42 Å². The SMILES string of the molecule is O=C(O)CCCCCCC1CSCC1CCSC1CCCCC1. The number of carboxylic acids is 1. The number of rotatable bonds is 11. The van der Waals surface area contributed by atoms with Crippen LogP contribution in [0.3, 0.4) is 0 Å². The maximum Gasteiger partial charge on any atom is 0.303 e. The molecule has 1 saturated heterocycles. The van der Waals surface area contributed by atoms with Crippen molar-refractivity contribution in [3.05, 3.63) is 0 Å². The van der Waals surface area contributed by atoms with Gasteiger partial charge in [0, 0.05) is 11.7 Å². The largest absolute Gasteiger partial charge is 0.481 e. The van der Waals surface area contributed by atoms with E-state index in [1.54, 1.807) is 0 Å². The quantitative estimate of drug-likeness (QED) is 0.470. The molecule has 2 unspecified atom stereocenters. The average molecular weight is 359 g/mol. The van der Waals surface area contributed by atoms with Gasteiger partial charge >= 0.3 is 5.97 Å². The van der Waals surface area contributed by atoms with Gasteiger partial charge in [-0.2, -0.15) is 23.5 Å². The summed E-state index contributed by atoms with van der Waals surface area (Å²) in [6.07, 6.45) is 14.9. The van der Waals surface area contributed by atoms with E-state index in [1.165, 1.54) is 75.0 Å². The van der Waals surface area contributed by atoms with Crippen molar-refractivity contribution >= 4 is 29.5 Å². The Bertz CT molecular complexity index is 329. The minimum atomic E-state index is -0.646. The smallest absolute Gasteiger partial charge is 0.303 e. The van der Waals surface area contributed by atoms with Crippen molar-refractivity contribution in [1.82, 2.24) is 0 Å². The van der Waals surface area contributed by atoms with E-state index in [0.717, 1.165) is 29.9 Å². The summed E-state index contributed by atoms with van der Waals surface area (Å²) < 4.78 is 0. The third kappa shape index (κ3) is 8.20. The van der Waals surface area contributed by atoms with Crippen molar-refractivity contribution in [2.45, 2.75) is 82.3 Å². The maximum absolute atomic E-state index is 10.5. The number of thioether (sulfide) groups is 2. The average Bonchev–Trinajstić information content (AvgIpc) is 2.99. The molecule has 1 N–H and O–H groups in total. The van der Waals surface area contributed by atoms with Crippen molar-refractivity contribution < 1.29 is 9.90 Å². The molecule has 0 radical (unpaired) electrons. The Morgan fingerprint density at radius 2 is 1.65 bits per heavy atom. The zero-order valence-electron chi connectivity index (χ0n) is 14.5. The summed E-state index contributed by atoms with van der Waals surface area (Å²) in [7, 11) is 0. The van der Waals surface area contributed by atoms with Gasteiger partial charge in [-0.05, 0) is 61.2 Å². The van der Waals surface area contributed by atoms with Crippen LogP contribution >= 0.6 is 23.5 Å². The molecule has 0 amide bonds. The van der Waals surface area contributed by atoms with E-state index < -0.39 is 5.97 Å². The van der Waals surface area contributed by atoms with E-state index in [2.05, 4.69) is 23.5 Å². The Kier molecular flexibility index (Phi) is 9.90. The predicted octanol–water partition coefficient (Wildman–Crippen LogP) is 5.85. The van der Waals surface area contributed by atoms with Gasteiger partial charge in [0.1, 0.15) is 0 Å². The van der Waals surface area contributed by atoms with Gasteiger partial charge in [0.2, 0.25) is 0 Å². The predicted molar refractivity (Wildman–Crippen MR) is 104 cm³/mol. The first-order valence-electron chi connectivity index (χ1n) is 9.67. The molecule has 0 aromatic heterocycles. The van der Waals surface area contributed by atoms with Crippen LogP contribution in [0.2, 0.25) is 0 Å². The summed E-state index contributed by atoms with van der Waals surface area (Å²) in [6, 6.07) is 0. The van der Waals surface area contributed by atoms with Crippen LogP contribution in [0.5, 0.6) is 0 Å². The van der Waals surface area contributed by atoms with Crippen LogP contribution in [-0.2, 0) is 4.79 Å². The van der Waals surface area contributed by atoms with Crippen molar-refractivity contribution in [2.24, 2.45) is 11.8 Å². The number of hydrogen-bond acceptors (Lipinski definition) is 3. The molecule has 2 fully saturated rings. The molecule has 4 heteroatoms. The normalized spacial score (nSPS) is 25.7. The number of aliphatic carboxylic acids is 1. The Balaban J connectivity index is 1.51. The Labute approximate surface area is 150 Å². The van der Waals surface area contributed by atoms with Gasteiger partial charge in [0.05, 0.1) is 0 Å². The molecular weight excluding hydrogens is 324 g/mol. The highest BCUT2D eigenvalue weighted by Gasteiger charge is 2.27. The van der Waals surface area contributed by atoms with Crippen LogP contribution in [0, 0.1) is 11.8 Å². The monoisotopic (exact) mass is 358 g/mol. The molecule has 134 valence electrons. The lowest BCUT2D eigenvalue weighted by atomic mass is 9.89. The lowest BCUT2D eigenvalue weighted by molar-refractivity contribution is -0.137. The summed E-state index contributed by atoms with van der Waals surface area (Å²) in [5.74, 6) is 5.38. The molecule has 0 aromatic carbocycles. The van der Waals surface area contributed by atoms with Gasteiger partial charge in [0.15, 0.2) is 0 Å². The number of hydrogen-bond donors (Lipinski definition) is 1. The van der Waals surface area contributed by atoms with Crippen LogP contribution in [0.25, 0.3) is 0 Å². The lowest BCUT2D eigenvalue weighted by Crippen LogP contribution is -2.15. The highest BCUT2D eigenvalue weighted by Crippen LogP contribution is 2.37. The third-order valence-electron chi connectivity index (χ3n) is 5.44. The standard InChI is InChI=1S/C19H34O2S2/c20-19(21)11-7-2-1-4-8-16-14-22-15-17(16)12-13-23-18-9-5-3-6-10-18/h16-18H,1-15H2,(H,20,21). The first-order chi connectivity index (χ1) is 11.3. The highest BCUT2D eigenvalue weighted by molar-refractivity contribution is 8.00. The summed E-state index contributed by atoms with van der Waals surface area (Å²) >= 11 is 4.42. The molecule has 23 heavy (non-hydrogen) atoms. The van der Waals surface area contributed by atoms with Gasteiger partial charge in [-0.25, -0.2) is 0 Å². The maximum atomic E-state index is 10.5. The molecule has 1 heterocycles. The Hall–Kier alpha value is 0.170. The van der Waals surface area contributed by atoms with Gasteiger partial charge in [-0.1, -0.05) is 38.5 Å². The number of carbonyl (C=O) groups is 1. The molecule has 2 nitrogen and oxygen atoms in total. The van der Waals surface area contributed by atoms with Crippen molar-refractivity contribution in [2.75, 3.05) is 17.3 Å². The summed E-state index contributed by atoms with van der Waals surface area (Å²) in [4.78, 5) is 10.5. The molecule has 2 aliphatic rings. The van der Waals surface area contributed by atoms with E-state index in [9.17, 15) is 4.79 Å². The second-order valence-electron chi connectivity index (χ2n) is 7.32. The first kappa shape index (κ1) is 19.5. The van der Waals surface area contributed by atoms with E-state index in [4.69, 9.17) is 5.11 Å².